The topological polar surface area (TPSA) is 78.4 Å². The molecule has 0 radical (unpaired) electrons. The van der Waals surface area contributed by atoms with Gasteiger partial charge in [0.2, 0.25) is 5.91 Å². The van der Waals surface area contributed by atoms with Crippen molar-refractivity contribution < 1.29 is 14.7 Å². The summed E-state index contributed by atoms with van der Waals surface area (Å²) in [5, 5.41) is 14.8. The van der Waals surface area contributed by atoms with Crippen LogP contribution in [0.3, 0.4) is 0 Å². The van der Waals surface area contributed by atoms with E-state index in [1.807, 2.05) is 6.07 Å². The fourth-order valence-electron chi connectivity index (χ4n) is 2.67. The highest BCUT2D eigenvalue weighted by Gasteiger charge is 2.58. The Morgan fingerprint density at radius 3 is 2.61 bits per heavy atom. The van der Waals surface area contributed by atoms with Crippen LogP contribution in [0.1, 0.15) is 23.2 Å². The second kappa shape index (κ2) is 3.81. The lowest BCUT2D eigenvalue weighted by Crippen LogP contribution is -2.74. The molecule has 2 saturated heterocycles. The standard InChI is InChI=1S/C13H14N2O3/c16-10-9-6-13(7-9,12(18)14-10)15-11(17)8-4-2-1-3-5-8/h1-5,9-10,16H,6-7H2,(H,14,18)(H,15,17). The lowest BCUT2D eigenvalue weighted by Gasteiger charge is -2.53. The zero-order chi connectivity index (χ0) is 12.8. The van der Waals surface area contributed by atoms with Gasteiger partial charge in [0.1, 0.15) is 11.8 Å². The Morgan fingerprint density at radius 1 is 1.33 bits per heavy atom. The monoisotopic (exact) mass is 246 g/mol. The van der Waals surface area contributed by atoms with E-state index in [1.54, 1.807) is 24.3 Å². The molecule has 0 spiro atoms. The highest BCUT2D eigenvalue weighted by Crippen LogP contribution is 2.43. The number of aliphatic hydroxyl groups is 1. The summed E-state index contributed by atoms with van der Waals surface area (Å²) < 4.78 is 0. The minimum absolute atomic E-state index is 0.0544. The van der Waals surface area contributed by atoms with E-state index in [9.17, 15) is 14.7 Å². The van der Waals surface area contributed by atoms with Crippen LogP contribution in [0.15, 0.2) is 30.3 Å². The highest BCUT2D eigenvalue weighted by atomic mass is 16.3. The van der Waals surface area contributed by atoms with Crippen LogP contribution >= 0.6 is 0 Å². The van der Waals surface area contributed by atoms with E-state index in [0.29, 0.717) is 18.4 Å². The maximum Gasteiger partial charge on any atom is 0.252 e. The molecule has 1 aromatic rings. The Labute approximate surface area is 104 Å². The molecule has 94 valence electrons. The lowest BCUT2D eigenvalue weighted by atomic mass is 9.63. The number of carbonyl (C=O) groups is 2. The number of benzene rings is 1. The van der Waals surface area contributed by atoms with E-state index in [2.05, 4.69) is 10.6 Å². The zero-order valence-electron chi connectivity index (χ0n) is 9.72. The van der Waals surface area contributed by atoms with Gasteiger partial charge in [0, 0.05) is 11.5 Å². The van der Waals surface area contributed by atoms with Crippen molar-refractivity contribution in [2.24, 2.45) is 5.92 Å². The third-order valence-corrected chi connectivity index (χ3v) is 3.77. The summed E-state index contributed by atoms with van der Waals surface area (Å²) in [6.45, 7) is 0. The Hall–Kier alpha value is -1.88. The van der Waals surface area contributed by atoms with E-state index in [-0.39, 0.29) is 17.7 Å². The van der Waals surface area contributed by atoms with Gasteiger partial charge in [-0.2, -0.15) is 0 Å². The SMILES string of the molecule is O=C(NC12CC(C1)C(O)NC2=O)c1ccccc1. The molecule has 1 unspecified atom stereocenters. The van der Waals surface area contributed by atoms with Crippen molar-refractivity contribution >= 4 is 11.8 Å². The molecule has 3 aliphatic rings. The predicted molar refractivity (Wildman–Crippen MR) is 63.5 cm³/mol. The van der Waals surface area contributed by atoms with Crippen molar-refractivity contribution in [3.63, 3.8) is 0 Å². The molecule has 2 amide bonds. The van der Waals surface area contributed by atoms with Crippen LogP contribution in [0.25, 0.3) is 0 Å². The van der Waals surface area contributed by atoms with Crippen LogP contribution in [0.4, 0.5) is 0 Å². The van der Waals surface area contributed by atoms with Gasteiger partial charge in [0.15, 0.2) is 0 Å². The molecule has 3 N–H and O–H groups in total. The summed E-state index contributed by atoms with van der Waals surface area (Å²) in [6, 6.07) is 8.80. The molecule has 2 bridgehead atoms. The van der Waals surface area contributed by atoms with Crippen LogP contribution in [0.5, 0.6) is 0 Å². The summed E-state index contributed by atoms with van der Waals surface area (Å²) in [5.74, 6) is -0.485. The fourth-order valence-corrected chi connectivity index (χ4v) is 2.67. The highest BCUT2D eigenvalue weighted by molar-refractivity contribution is 6.00. The molecule has 18 heavy (non-hydrogen) atoms. The smallest absolute Gasteiger partial charge is 0.252 e. The Balaban J connectivity index is 1.75. The average molecular weight is 246 g/mol. The molecule has 2 heterocycles. The average Bonchev–Trinajstić information content (AvgIpc) is 2.32. The van der Waals surface area contributed by atoms with E-state index < -0.39 is 11.8 Å². The minimum atomic E-state index is -0.823. The number of aliphatic hydroxyl groups excluding tert-OH is 1. The molecule has 5 heteroatoms. The Morgan fingerprint density at radius 2 is 2.00 bits per heavy atom. The first-order valence-electron chi connectivity index (χ1n) is 5.97. The van der Waals surface area contributed by atoms with Crippen LogP contribution in [-0.4, -0.2) is 28.7 Å². The van der Waals surface area contributed by atoms with Crippen molar-refractivity contribution in [1.82, 2.24) is 10.6 Å². The normalized spacial score (nSPS) is 33.3. The van der Waals surface area contributed by atoms with Crippen molar-refractivity contribution in [2.45, 2.75) is 24.6 Å². The van der Waals surface area contributed by atoms with Crippen molar-refractivity contribution in [2.75, 3.05) is 0 Å². The molecule has 4 rings (SSSR count). The maximum absolute atomic E-state index is 12.0. The van der Waals surface area contributed by atoms with Crippen LogP contribution in [0, 0.1) is 5.92 Å². The molecule has 0 aromatic heterocycles. The second-order valence-corrected chi connectivity index (χ2v) is 4.99. The Kier molecular flexibility index (Phi) is 2.38. The zero-order valence-corrected chi connectivity index (χ0v) is 9.72. The molecule has 3 fully saturated rings. The van der Waals surface area contributed by atoms with Gasteiger partial charge in [0.05, 0.1) is 0 Å². The van der Waals surface area contributed by atoms with Gasteiger partial charge < -0.3 is 15.7 Å². The molecule has 2 aliphatic heterocycles. The Bertz CT molecular complexity index is 494. The van der Waals surface area contributed by atoms with Gasteiger partial charge >= 0.3 is 0 Å². The molecule has 1 aromatic carbocycles. The minimum Gasteiger partial charge on any atom is -0.373 e. The molecule has 1 atom stereocenters. The number of hydrogen-bond acceptors (Lipinski definition) is 3. The van der Waals surface area contributed by atoms with Crippen LogP contribution < -0.4 is 10.6 Å². The second-order valence-electron chi connectivity index (χ2n) is 4.99. The molecule has 1 aliphatic carbocycles. The number of hydrogen-bond donors (Lipinski definition) is 3. The van der Waals surface area contributed by atoms with Gasteiger partial charge in [-0.1, -0.05) is 18.2 Å². The van der Waals surface area contributed by atoms with E-state index in [4.69, 9.17) is 0 Å². The quantitative estimate of drug-likeness (QED) is 0.688. The first-order chi connectivity index (χ1) is 8.61. The van der Waals surface area contributed by atoms with Gasteiger partial charge in [-0.25, -0.2) is 0 Å². The number of piperidine rings is 2. The fraction of sp³-hybridized carbons (Fsp3) is 0.385. The van der Waals surface area contributed by atoms with Crippen molar-refractivity contribution in [3.8, 4) is 0 Å². The third-order valence-electron chi connectivity index (χ3n) is 3.77. The number of amides is 2. The number of fused-ring (bicyclic) bond motifs is 2. The van der Waals surface area contributed by atoms with Crippen LogP contribution in [0.2, 0.25) is 0 Å². The third kappa shape index (κ3) is 1.59. The lowest BCUT2D eigenvalue weighted by molar-refractivity contribution is -0.153. The molecular weight excluding hydrogens is 232 g/mol. The summed E-state index contributed by atoms with van der Waals surface area (Å²) in [4.78, 5) is 23.9. The predicted octanol–water partition coefficient (Wildman–Crippen LogP) is 0.0134. The first kappa shape index (κ1) is 11.2. The number of nitrogens with one attached hydrogen (secondary N) is 2. The van der Waals surface area contributed by atoms with Gasteiger partial charge in [0.25, 0.3) is 5.91 Å². The summed E-state index contributed by atoms with van der Waals surface area (Å²) in [6.07, 6.45) is 0.255. The van der Waals surface area contributed by atoms with Crippen molar-refractivity contribution in [3.05, 3.63) is 35.9 Å². The number of carbonyl (C=O) groups excluding carboxylic acids is 2. The first-order valence-corrected chi connectivity index (χ1v) is 5.97. The van der Waals surface area contributed by atoms with E-state index in [0.717, 1.165) is 0 Å². The van der Waals surface area contributed by atoms with E-state index >= 15 is 0 Å². The van der Waals surface area contributed by atoms with Crippen molar-refractivity contribution in [1.29, 1.82) is 0 Å². The van der Waals surface area contributed by atoms with Gasteiger partial charge in [-0.15, -0.1) is 0 Å². The van der Waals surface area contributed by atoms with Gasteiger partial charge in [-0.3, -0.25) is 9.59 Å². The summed E-state index contributed by atoms with van der Waals surface area (Å²) in [5.41, 5.74) is -0.286. The molecule has 5 nitrogen and oxygen atoms in total. The summed E-state index contributed by atoms with van der Waals surface area (Å²) >= 11 is 0. The molecular formula is C13H14N2O3. The van der Waals surface area contributed by atoms with E-state index in [1.165, 1.54) is 0 Å². The maximum atomic E-state index is 12.0. The molecule has 1 saturated carbocycles. The number of rotatable bonds is 2. The van der Waals surface area contributed by atoms with Gasteiger partial charge in [-0.05, 0) is 25.0 Å². The van der Waals surface area contributed by atoms with Crippen LogP contribution in [-0.2, 0) is 4.79 Å². The summed E-state index contributed by atoms with van der Waals surface area (Å²) in [7, 11) is 0. The largest absolute Gasteiger partial charge is 0.373 e.